The van der Waals surface area contributed by atoms with Gasteiger partial charge in [0.1, 0.15) is 0 Å². The number of rotatable bonds is 3. The van der Waals surface area contributed by atoms with Crippen LogP contribution in [-0.4, -0.2) is 20.6 Å². The number of aryl methyl sites for hydroxylation is 1. The molecule has 1 saturated carbocycles. The van der Waals surface area contributed by atoms with Crippen molar-refractivity contribution in [3.05, 3.63) is 16.7 Å². The van der Waals surface area contributed by atoms with Crippen LogP contribution in [0, 0.1) is 11.7 Å². The Balaban J connectivity index is 2.22. The SMILES string of the molecule is CCSC1CCCC1n1cc(C)[nH]c1=S. The molecular weight excluding hydrogens is 224 g/mol. The van der Waals surface area contributed by atoms with E-state index in [2.05, 4.69) is 41.4 Å². The first kappa shape index (κ1) is 11.3. The second kappa shape index (κ2) is 4.74. The molecule has 2 nitrogen and oxygen atoms in total. The Morgan fingerprint density at radius 2 is 2.40 bits per heavy atom. The Kier molecular flexibility index (Phi) is 3.57. The summed E-state index contributed by atoms with van der Waals surface area (Å²) in [7, 11) is 0. The van der Waals surface area contributed by atoms with Gasteiger partial charge in [-0.2, -0.15) is 11.8 Å². The summed E-state index contributed by atoms with van der Waals surface area (Å²) in [5.74, 6) is 1.21. The molecule has 0 radical (unpaired) electrons. The van der Waals surface area contributed by atoms with Crippen molar-refractivity contribution in [2.75, 3.05) is 5.75 Å². The fourth-order valence-corrected chi connectivity index (χ4v) is 4.01. The van der Waals surface area contributed by atoms with Crippen molar-refractivity contribution in [3.63, 3.8) is 0 Å². The van der Waals surface area contributed by atoms with Crippen molar-refractivity contribution in [3.8, 4) is 0 Å². The molecule has 4 heteroatoms. The molecule has 2 atom stereocenters. The first-order valence-electron chi connectivity index (χ1n) is 5.61. The molecular formula is C11H18N2S2. The van der Waals surface area contributed by atoms with Gasteiger partial charge < -0.3 is 9.55 Å². The molecule has 1 aliphatic rings. The molecule has 0 aromatic carbocycles. The average Bonchev–Trinajstić information content (AvgIpc) is 2.73. The first-order chi connectivity index (χ1) is 7.22. The minimum absolute atomic E-state index is 0.618. The highest BCUT2D eigenvalue weighted by Crippen LogP contribution is 2.38. The van der Waals surface area contributed by atoms with Crippen LogP contribution in [0.2, 0.25) is 0 Å². The zero-order valence-electron chi connectivity index (χ0n) is 9.32. The molecule has 0 bridgehead atoms. The molecule has 1 heterocycles. The maximum Gasteiger partial charge on any atom is 0.177 e. The summed E-state index contributed by atoms with van der Waals surface area (Å²) in [5.41, 5.74) is 1.17. The van der Waals surface area contributed by atoms with Crippen LogP contribution in [0.3, 0.4) is 0 Å². The van der Waals surface area contributed by atoms with Crippen molar-refractivity contribution in [1.82, 2.24) is 9.55 Å². The normalized spacial score (nSPS) is 26.0. The van der Waals surface area contributed by atoms with Crippen molar-refractivity contribution in [2.45, 2.75) is 44.4 Å². The number of hydrogen-bond acceptors (Lipinski definition) is 2. The first-order valence-corrected chi connectivity index (χ1v) is 7.07. The van der Waals surface area contributed by atoms with Crippen LogP contribution in [0.5, 0.6) is 0 Å². The molecule has 0 aliphatic heterocycles. The lowest BCUT2D eigenvalue weighted by Crippen LogP contribution is -2.15. The average molecular weight is 242 g/mol. The number of thioether (sulfide) groups is 1. The molecule has 15 heavy (non-hydrogen) atoms. The van der Waals surface area contributed by atoms with E-state index < -0.39 is 0 Å². The van der Waals surface area contributed by atoms with E-state index in [1.807, 2.05) is 0 Å². The van der Waals surface area contributed by atoms with Crippen LogP contribution >= 0.6 is 24.0 Å². The van der Waals surface area contributed by atoms with E-state index in [1.165, 1.54) is 30.7 Å². The Morgan fingerprint density at radius 3 is 3.00 bits per heavy atom. The van der Waals surface area contributed by atoms with Gasteiger partial charge in [0.2, 0.25) is 0 Å². The zero-order chi connectivity index (χ0) is 10.8. The lowest BCUT2D eigenvalue weighted by molar-refractivity contribution is 0.522. The molecule has 1 N–H and O–H groups in total. The van der Waals surface area contributed by atoms with Gasteiger partial charge in [0.15, 0.2) is 4.77 Å². The molecule has 0 spiro atoms. The summed E-state index contributed by atoms with van der Waals surface area (Å²) in [6, 6.07) is 0.618. The third-order valence-corrected chi connectivity index (χ3v) is 4.65. The monoisotopic (exact) mass is 242 g/mol. The Bertz CT molecular complexity index is 380. The molecule has 0 amide bonds. The van der Waals surface area contributed by atoms with Gasteiger partial charge in [0.05, 0.1) is 0 Å². The quantitative estimate of drug-likeness (QED) is 0.816. The van der Waals surface area contributed by atoms with Gasteiger partial charge in [0.25, 0.3) is 0 Å². The third-order valence-electron chi connectivity index (χ3n) is 3.03. The van der Waals surface area contributed by atoms with E-state index >= 15 is 0 Å². The van der Waals surface area contributed by atoms with Gasteiger partial charge >= 0.3 is 0 Å². The van der Waals surface area contributed by atoms with Crippen LogP contribution in [-0.2, 0) is 0 Å². The van der Waals surface area contributed by atoms with Crippen LogP contribution in [0.1, 0.15) is 37.9 Å². The summed E-state index contributed by atoms with van der Waals surface area (Å²) >= 11 is 7.42. The number of H-pyrrole nitrogens is 1. The molecule has 1 aromatic rings. The lowest BCUT2D eigenvalue weighted by atomic mass is 10.2. The molecule has 2 rings (SSSR count). The predicted molar refractivity (Wildman–Crippen MR) is 69.2 cm³/mol. The van der Waals surface area contributed by atoms with Crippen LogP contribution in [0.15, 0.2) is 6.20 Å². The molecule has 1 aliphatic carbocycles. The van der Waals surface area contributed by atoms with E-state index in [-0.39, 0.29) is 0 Å². The van der Waals surface area contributed by atoms with E-state index in [9.17, 15) is 0 Å². The second-order valence-electron chi connectivity index (χ2n) is 4.14. The highest BCUT2D eigenvalue weighted by atomic mass is 32.2. The maximum absolute atomic E-state index is 5.34. The summed E-state index contributed by atoms with van der Waals surface area (Å²) in [6.07, 6.45) is 6.13. The van der Waals surface area contributed by atoms with E-state index in [4.69, 9.17) is 12.2 Å². The van der Waals surface area contributed by atoms with Gasteiger partial charge in [0, 0.05) is 23.2 Å². The molecule has 1 aromatic heterocycles. The number of nitrogens with one attached hydrogen (secondary N) is 1. The summed E-state index contributed by atoms with van der Waals surface area (Å²) in [4.78, 5) is 3.22. The minimum atomic E-state index is 0.618. The number of imidazole rings is 1. The van der Waals surface area contributed by atoms with Crippen LogP contribution in [0.25, 0.3) is 0 Å². The van der Waals surface area contributed by atoms with Crippen molar-refractivity contribution >= 4 is 24.0 Å². The molecule has 0 saturated heterocycles. The summed E-state index contributed by atoms with van der Waals surface area (Å²) in [6.45, 7) is 4.31. The van der Waals surface area contributed by atoms with Crippen LogP contribution < -0.4 is 0 Å². The van der Waals surface area contributed by atoms with Gasteiger partial charge in [-0.3, -0.25) is 0 Å². The van der Waals surface area contributed by atoms with Crippen LogP contribution in [0.4, 0.5) is 0 Å². The van der Waals surface area contributed by atoms with Gasteiger partial charge in [-0.15, -0.1) is 0 Å². The van der Waals surface area contributed by atoms with Gasteiger partial charge in [-0.1, -0.05) is 13.3 Å². The molecule has 2 unspecified atom stereocenters. The number of aromatic amines is 1. The smallest absolute Gasteiger partial charge is 0.177 e. The zero-order valence-corrected chi connectivity index (χ0v) is 11.0. The van der Waals surface area contributed by atoms with Crippen molar-refractivity contribution in [1.29, 1.82) is 0 Å². The number of hydrogen-bond donors (Lipinski definition) is 1. The highest BCUT2D eigenvalue weighted by Gasteiger charge is 2.28. The Labute approximate surface area is 100 Å². The van der Waals surface area contributed by atoms with Gasteiger partial charge in [-0.25, -0.2) is 0 Å². The topological polar surface area (TPSA) is 20.7 Å². The third kappa shape index (κ3) is 2.31. The highest BCUT2D eigenvalue weighted by molar-refractivity contribution is 7.99. The largest absolute Gasteiger partial charge is 0.335 e. The van der Waals surface area contributed by atoms with Crippen molar-refractivity contribution < 1.29 is 0 Å². The Hall–Kier alpha value is -0.220. The molecule has 1 fully saturated rings. The molecule has 84 valence electrons. The van der Waals surface area contributed by atoms with E-state index in [0.717, 1.165) is 10.0 Å². The van der Waals surface area contributed by atoms with Crippen molar-refractivity contribution in [2.24, 2.45) is 0 Å². The summed E-state index contributed by atoms with van der Waals surface area (Å²) < 4.78 is 3.16. The lowest BCUT2D eigenvalue weighted by Gasteiger charge is -2.19. The summed E-state index contributed by atoms with van der Waals surface area (Å²) in [5, 5.41) is 0.761. The predicted octanol–water partition coefficient (Wildman–Crippen LogP) is 3.70. The second-order valence-corrected chi connectivity index (χ2v) is 6.04. The van der Waals surface area contributed by atoms with E-state index in [0.29, 0.717) is 6.04 Å². The maximum atomic E-state index is 5.34. The minimum Gasteiger partial charge on any atom is -0.335 e. The number of nitrogens with zero attached hydrogens (tertiary/aromatic N) is 1. The Morgan fingerprint density at radius 1 is 1.60 bits per heavy atom. The van der Waals surface area contributed by atoms with Gasteiger partial charge in [-0.05, 0) is 37.7 Å². The number of aromatic nitrogens is 2. The fourth-order valence-electron chi connectivity index (χ4n) is 2.41. The standard InChI is InChI=1S/C11H18N2S2/c1-3-15-10-6-4-5-9(10)13-7-8(2)12-11(13)14/h7,9-10H,3-6H2,1-2H3,(H,12,14). The fraction of sp³-hybridized carbons (Fsp3) is 0.727. The van der Waals surface area contributed by atoms with E-state index in [1.54, 1.807) is 0 Å².